The molecule has 0 bridgehead atoms. The van der Waals surface area contributed by atoms with Gasteiger partial charge in [0.05, 0.1) is 0 Å². The monoisotopic (exact) mass is 316 g/mol. The van der Waals surface area contributed by atoms with Crippen LogP contribution in [0.4, 0.5) is 0 Å². The van der Waals surface area contributed by atoms with Crippen molar-refractivity contribution in [1.29, 1.82) is 0 Å². The molecule has 0 spiro atoms. The summed E-state index contributed by atoms with van der Waals surface area (Å²) in [4.78, 5) is 0. The fourth-order valence-corrected chi connectivity index (χ4v) is 0.335. The molecule has 0 fully saturated rings. The molecule has 50 valence electrons. The second kappa shape index (κ2) is 4.66. The van der Waals surface area contributed by atoms with Crippen LogP contribution >= 0.6 is 0 Å². The van der Waals surface area contributed by atoms with E-state index in [1.54, 1.807) is 6.92 Å². The third-order valence-corrected chi connectivity index (χ3v) is 0.585. The average molecular weight is 315 g/mol. The van der Waals surface area contributed by atoms with Crippen LogP contribution in [0.15, 0.2) is 0 Å². The molecule has 0 unspecified atom stereocenters. The van der Waals surface area contributed by atoms with Crippen molar-refractivity contribution in [1.82, 2.24) is 0 Å². The minimum atomic E-state index is -2.45. The summed E-state index contributed by atoms with van der Waals surface area (Å²) >= 11 is 0. The van der Waals surface area contributed by atoms with Gasteiger partial charge in [-0.15, -0.1) is 0 Å². The Kier molecular flexibility index (Phi) is 6.74. The van der Waals surface area contributed by atoms with E-state index in [0.717, 1.165) is 0 Å². The standard InChI is InChI=1S/C4H10O3.Pb.2H/c1-2-3-4(5,6)7;;;/h5-7H,2-3H2,1H3;;;. The van der Waals surface area contributed by atoms with Crippen LogP contribution in [-0.4, -0.2) is 48.6 Å². The Morgan fingerprint density at radius 3 is 1.62 bits per heavy atom. The van der Waals surface area contributed by atoms with Crippen molar-refractivity contribution in [2.45, 2.75) is 25.7 Å². The van der Waals surface area contributed by atoms with Gasteiger partial charge in [0.1, 0.15) is 0 Å². The van der Waals surface area contributed by atoms with Crippen molar-refractivity contribution >= 4 is 27.3 Å². The van der Waals surface area contributed by atoms with Crippen LogP contribution in [0, 0.1) is 0 Å². The summed E-state index contributed by atoms with van der Waals surface area (Å²) in [6, 6.07) is 0. The summed E-state index contributed by atoms with van der Waals surface area (Å²) < 4.78 is 0. The first-order valence-electron chi connectivity index (χ1n) is 2.23. The van der Waals surface area contributed by atoms with E-state index in [9.17, 15) is 0 Å². The summed E-state index contributed by atoms with van der Waals surface area (Å²) in [7, 11) is 0. The van der Waals surface area contributed by atoms with Crippen molar-refractivity contribution in [2.75, 3.05) is 0 Å². The molecule has 8 heavy (non-hydrogen) atoms. The topological polar surface area (TPSA) is 60.7 Å². The van der Waals surface area contributed by atoms with Crippen molar-refractivity contribution in [3.8, 4) is 0 Å². The van der Waals surface area contributed by atoms with Crippen LogP contribution in [0.2, 0.25) is 0 Å². The van der Waals surface area contributed by atoms with Gasteiger partial charge in [-0.1, -0.05) is 6.92 Å². The predicted molar refractivity (Wildman–Crippen MR) is 32.8 cm³/mol. The summed E-state index contributed by atoms with van der Waals surface area (Å²) in [5, 5.41) is 24.4. The molecule has 4 heteroatoms. The third kappa shape index (κ3) is 9.93. The van der Waals surface area contributed by atoms with Gasteiger partial charge in [0.15, 0.2) is 0 Å². The van der Waals surface area contributed by atoms with E-state index >= 15 is 0 Å². The first-order chi connectivity index (χ1) is 3.06. The van der Waals surface area contributed by atoms with Crippen molar-refractivity contribution in [3.63, 3.8) is 0 Å². The molecule has 0 aliphatic carbocycles. The normalized spacial score (nSPS) is 10.5. The molecule has 3 N–H and O–H groups in total. The van der Waals surface area contributed by atoms with Crippen LogP contribution in [0.3, 0.4) is 0 Å². The van der Waals surface area contributed by atoms with Crippen LogP contribution in [0.25, 0.3) is 0 Å². The van der Waals surface area contributed by atoms with Gasteiger partial charge in [0.2, 0.25) is 0 Å². The van der Waals surface area contributed by atoms with Gasteiger partial charge < -0.3 is 15.3 Å². The summed E-state index contributed by atoms with van der Waals surface area (Å²) in [6.07, 6.45) is 0.566. The van der Waals surface area contributed by atoms with Gasteiger partial charge in [0.25, 0.3) is 5.97 Å². The van der Waals surface area contributed by atoms with Crippen LogP contribution in [0.1, 0.15) is 19.8 Å². The second-order valence-electron chi connectivity index (χ2n) is 1.52. The minimum absolute atomic E-state index is 0. The molecule has 0 heterocycles. The number of rotatable bonds is 2. The van der Waals surface area contributed by atoms with Gasteiger partial charge in [-0.3, -0.25) is 0 Å². The molecule has 0 saturated heterocycles. The number of hydrogen-bond acceptors (Lipinski definition) is 3. The van der Waals surface area contributed by atoms with Crippen LogP contribution < -0.4 is 0 Å². The van der Waals surface area contributed by atoms with Gasteiger partial charge in [-0.05, 0) is 6.42 Å². The predicted octanol–water partition coefficient (Wildman–Crippen LogP) is -1.50. The van der Waals surface area contributed by atoms with E-state index in [1.807, 2.05) is 0 Å². The molecular weight excluding hydrogens is 303 g/mol. The molecule has 0 saturated carbocycles. The first kappa shape index (κ1) is 11.6. The van der Waals surface area contributed by atoms with Crippen LogP contribution in [-0.2, 0) is 0 Å². The van der Waals surface area contributed by atoms with E-state index in [1.165, 1.54) is 0 Å². The van der Waals surface area contributed by atoms with E-state index in [-0.39, 0.29) is 33.7 Å². The van der Waals surface area contributed by atoms with Gasteiger partial charge in [-0.25, -0.2) is 0 Å². The molecule has 0 aliphatic rings. The zero-order valence-corrected chi connectivity index (χ0v) is 10.5. The van der Waals surface area contributed by atoms with Gasteiger partial charge in [-0.2, -0.15) is 0 Å². The Balaban J connectivity index is 0. The molecule has 0 aromatic carbocycles. The fourth-order valence-electron chi connectivity index (χ4n) is 0.335. The van der Waals surface area contributed by atoms with E-state index in [4.69, 9.17) is 15.3 Å². The summed E-state index contributed by atoms with van der Waals surface area (Å²) in [6.45, 7) is 1.75. The maximum absolute atomic E-state index is 8.13. The maximum atomic E-state index is 8.13. The summed E-state index contributed by atoms with van der Waals surface area (Å²) in [5.41, 5.74) is 0. The molecule has 0 rings (SSSR count). The zero-order chi connectivity index (χ0) is 5.91. The van der Waals surface area contributed by atoms with E-state index in [0.29, 0.717) is 6.42 Å². The van der Waals surface area contributed by atoms with Crippen molar-refractivity contribution in [3.05, 3.63) is 0 Å². The van der Waals surface area contributed by atoms with Crippen molar-refractivity contribution in [2.24, 2.45) is 0 Å². The van der Waals surface area contributed by atoms with E-state index < -0.39 is 5.97 Å². The van der Waals surface area contributed by atoms with Crippen molar-refractivity contribution < 1.29 is 15.3 Å². The summed E-state index contributed by atoms with van der Waals surface area (Å²) in [5.74, 6) is -2.45. The Morgan fingerprint density at radius 1 is 1.25 bits per heavy atom. The molecule has 0 aliphatic heterocycles. The van der Waals surface area contributed by atoms with Crippen LogP contribution in [0.5, 0.6) is 0 Å². The molecule has 0 aromatic heterocycles. The average Bonchev–Trinajstić information content (AvgIpc) is 1.30. The third-order valence-electron chi connectivity index (χ3n) is 0.585. The molecule has 2 radical (unpaired) electrons. The van der Waals surface area contributed by atoms with Gasteiger partial charge in [0, 0.05) is 6.42 Å². The molecule has 0 atom stereocenters. The van der Waals surface area contributed by atoms with E-state index in [2.05, 4.69) is 0 Å². The quantitative estimate of drug-likeness (QED) is 0.429. The zero-order valence-electron chi connectivity index (χ0n) is 4.96. The Morgan fingerprint density at radius 2 is 1.62 bits per heavy atom. The first-order valence-corrected chi connectivity index (χ1v) is 2.23. The number of hydrogen-bond donors (Lipinski definition) is 3. The second-order valence-corrected chi connectivity index (χ2v) is 1.52. The fraction of sp³-hybridized carbons (Fsp3) is 1.00. The SMILES string of the molecule is CCCC(O)(O)O.[PbH2]. The molecular formula is C4H12O3Pb. The molecule has 0 aromatic rings. The van der Waals surface area contributed by atoms with Gasteiger partial charge >= 0.3 is 27.3 Å². The Hall–Kier alpha value is 0.802. The molecule has 3 nitrogen and oxygen atoms in total. The Labute approximate surface area is 68.5 Å². The molecule has 0 amide bonds. The Bertz CT molecular complexity index is 49.7. The number of aliphatic hydroxyl groups is 3.